The first-order valence-electron chi connectivity index (χ1n) is 12.1. The van der Waals surface area contributed by atoms with Crippen LogP contribution in [-0.2, 0) is 0 Å². The predicted molar refractivity (Wildman–Crippen MR) is 150 cm³/mol. The van der Waals surface area contributed by atoms with Crippen LogP contribution in [0, 0.1) is 11.6 Å². The first kappa shape index (κ1) is 25.4. The maximum atomic E-state index is 13.2. The first-order chi connectivity index (χ1) is 18.8. The molecule has 0 aliphatic rings. The van der Waals surface area contributed by atoms with E-state index in [4.69, 9.17) is 5.73 Å². The van der Waals surface area contributed by atoms with Gasteiger partial charge in [-0.15, -0.1) is 0 Å². The number of nitrogens with two attached hydrogens (primary N) is 1. The lowest BCUT2D eigenvalue weighted by atomic mass is 10.0. The predicted octanol–water partition coefficient (Wildman–Crippen LogP) is 7.39. The Kier molecular flexibility index (Phi) is 7.14. The van der Waals surface area contributed by atoms with Gasteiger partial charge in [-0.2, -0.15) is 0 Å². The van der Waals surface area contributed by atoms with Crippen molar-refractivity contribution < 1.29 is 18.4 Å². The summed E-state index contributed by atoms with van der Waals surface area (Å²) in [5.74, 6) is -1.46. The lowest BCUT2D eigenvalue weighted by Gasteiger charge is -2.11. The van der Waals surface area contributed by atoms with Crippen LogP contribution < -0.4 is 16.4 Å². The molecule has 0 unspecified atom stereocenters. The van der Waals surface area contributed by atoms with Gasteiger partial charge < -0.3 is 16.4 Å². The second-order valence-corrected chi connectivity index (χ2v) is 8.92. The quantitative estimate of drug-likeness (QED) is 0.205. The molecule has 0 bridgehead atoms. The highest BCUT2D eigenvalue weighted by Crippen LogP contribution is 2.24. The zero-order chi connectivity index (χ0) is 27.4. The van der Waals surface area contributed by atoms with Crippen LogP contribution in [0.3, 0.4) is 0 Å². The third kappa shape index (κ3) is 6.17. The molecule has 39 heavy (non-hydrogen) atoms. The number of hydrogen-bond donors (Lipinski definition) is 3. The summed E-state index contributed by atoms with van der Waals surface area (Å²) in [5.41, 5.74) is 11.3. The Morgan fingerprint density at radius 3 is 1.13 bits per heavy atom. The summed E-state index contributed by atoms with van der Waals surface area (Å²) >= 11 is 0. The molecule has 0 aromatic heterocycles. The standard InChI is InChI=1S/C32H23F2N3O2/c33-26-9-1-20(2-10-26)22-5-13-29(14-6-22)36-31(38)24-17-25(19-28(35)18-24)32(39)37-30-15-7-23(8-16-30)21-3-11-27(34)12-4-21/h1-19H,35H2,(H,36,38)(H,37,39). The van der Waals surface area contributed by atoms with Crippen LogP contribution in [0.5, 0.6) is 0 Å². The Bertz CT molecular complexity index is 1510. The maximum absolute atomic E-state index is 13.2. The average molecular weight is 520 g/mol. The molecule has 5 aromatic carbocycles. The highest BCUT2D eigenvalue weighted by Gasteiger charge is 2.14. The molecule has 192 valence electrons. The van der Waals surface area contributed by atoms with Crippen LogP contribution >= 0.6 is 0 Å². The van der Waals surface area contributed by atoms with E-state index >= 15 is 0 Å². The molecule has 0 saturated carbocycles. The highest BCUT2D eigenvalue weighted by atomic mass is 19.1. The van der Waals surface area contributed by atoms with Crippen LogP contribution in [0.25, 0.3) is 22.3 Å². The van der Waals surface area contributed by atoms with Crippen molar-refractivity contribution in [3.63, 3.8) is 0 Å². The number of nitrogens with one attached hydrogen (secondary N) is 2. The van der Waals surface area contributed by atoms with Crippen molar-refractivity contribution in [2.75, 3.05) is 16.4 Å². The van der Waals surface area contributed by atoms with E-state index in [-0.39, 0.29) is 28.4 Å². The van der Waals surface area contributed by atoms with Gasteiger partial charge in [0.25, 0.3) is 11.8 Å². The number of anilines is 3. The molecule has 4 N–H and O–H groups in total. The molecule has 0 heterocycles. The summed E-state index contributed by atoms with van der Waals surface area (Å²) in [6.07, 6.45) is 0. The van der Waals surface area contributed by atoms with Gasteiger partial charge in [-0.25, -0.2) is 8.78 Å². The molecule has 0 atom stereocenters. The summed E-state index contributed by atoms with van der Waals surface area (Å²) in [4.78, 5) is 25.8. The summed E-state index contributed by atoms with van der Waals surface area (Å²) < 4.78 is 26.4. The second-order valence-electron chi connectivity index (χ2n) is 8.92. The lowest BCUT2D eigenvalue weighted by Crippen LogP contribution is -2.16. The molecule has 0 aliphatic carbocycles. The van der Waals surface area contributed by atoms with Gasteiger partial charge in [-0.3, -0.25) is 9.59 Å². The number of amides is 2. The van der Waals surface area contributed by atoms with Crippen LogP contribution in [0.15, 0.2) is 115 Å². The normalized spacial score (nSPS) is 10.6. The van der Waals surface area contributed by atoms with Crippen LogP contribution in [0.2, 0.25) is 0 Å². The molecule has 0 aliphatic heterocycles. The largest absolute Gasteiger partial charge is 0.399 e. The molecule has 5 aromatic rings. The summed E-state index contributed by atoms with van der Waals surface area (Å²) in [6, 6.07) is 31.0. The van der Waals surface area contributed by atoms with E-state index in [0.717, 1.165) is 22.3 Å². The topological polar surface area (TPSA) is 84.2 Å². The third-order valence-corrected chi connectivity index (χ3v) is 6.12. The molecular weight excluding hydrogens is 496 g/mol. The van der Waals surface area contributed by atoms with Gasteiger partial charge in [0.15, 0.2) is 0 Å². The summed E-state index contributed by atoms with van der Waals surface area (Å²) in [7, 11) is 0. The molecule has 0 spiro atoms. The number of hydrogen-bond acceptors (Lipinski definition) is 3. The Morgan fingerprint density at radius 2 is 0.795 bits per heavy atom. The zero-order valence-electron chi connectivity index (χ0n) is 20.6. The van der Waals surface area contributed by atoms with Crippen molar-refractivity contribution in [2.45, 2.75) is 0 Å². The van der Waals surface area contributed by atoms with Crippen molar-refractivity contribution >= 4 is 28.9 Å². The van der Waals surface area contributed by atoms with Crippen molar-refractivity contribution in [3.8, 4) is 22.3 Å². The third-order valence-electron chi connectivity index (χ3n) is 6.12. The van der Waals surface area contributed by atoms with Gasteiger partial charge in [-0.1, -0.05) is 48.5 Å². The fraction of sp³-hybridized carbons (Fsp3) is 0. The van der Waals surface area contributed by atoms with E-state index in [0.29, 0.717) is 11.4 Å². The van der Waals surface area contributed by atoms with Gasteiger partial charge in [0.2, 0.25) is 0 Å². The van der Waals surface area contributed by atoms with E-state index in [1.165, 1.54) is 42.5 Å². The minimum absolute atomic E-state index is 0.231. The van der Waals surface area contributed by atoms with Crippen molar-refractivity contribution in [3.05, 3.63) is 138 Å². The van der Waals surface area contributed by atoms with Crippen LogP contribution in [-0.4, -0.2) is 11.8 Å². The molecule has 0 fully saturated rings. The minimum Gasteiger partial charge on any atom is -0.399 e. The van der Waals surface area contributed by atoms with Crippen LogP contribution in [0.1, 0.15) is 20.7 Å². The SMILES string of the molecule is Nc1cc(C(=O)Nc2ccc(-c3ccc(F)cc3)cc2)cc(C(=O)Nc2ccc(-c3ccc(F)cc3)cc2)c1. The highest BCUT2D eigenvalue weighted by molar-refractivity contribution is 6.09. The van der Waals surface area contributed by atoms with Crippen molar-refractivity contribution in [2.24, 2.45) is 0 Å². The Hall–Kier alpha value is -5.30. The summed E-state index contributed by atoms with van der Waals surface area (Å²) in [5, 5.41) is 5.61. The van der Waals surface area contributed by atoms with Gasteiger partial charge in [0.1, 0.15) is 11.6 Å². The van der Waals surface area contributed by atoms with Gasteiger partial charge in [0.05, 0.1) is 0 Å². The monoisotopic (exact) mass is 519 g/mol. The van der Waals surface area contributed by atoms with Gasteiger partial charge in [-0.05, 0) is 89.0 Å². The second kappa shape index (κ2) is 11.0. The Labute approximate surface area is 223 Å². The van der Waals surface area contributed by atoms with E-state index in [2.05, 4.69) is 10.6 Å². The molecule has 5 nitrogen and oxygen atoms in total. The lowest BCUT2D eigenvalue weighted by molar-refractivity contribution is 0.102. The number of nitrogen functional groups attached to an aromatic ring is 1. The van der Waals surface area contributed by atoms with Gasteiger partial charge in [0, 0.05) is 28.2 Å². The number of halogens is 2. The zero-order valence-corrected chi connectivity index (χ0v) is 20.6. The fourth-order valence-electron chi connectivity index (χ4n) is 4.10. The molecule has 7 heteroatoms. The molecule has 0 saturated heterocycles. The molecule has 5 rings (SSSR count). The van der Waals surface area contributed by atoms with Crippen molar-refractivity contribution in [1.29, 1.82) is 0 Å². The molecular formula is C32H23F2N3O2. The smallest absolute Gasteiger partial charge is 0.255 e. The van der Waals surface area contributed by atoms with E-state index in [9.17, 15) is 18.4 Å². The maximum Gasteiger partial charge on any atom is 0.255 e. The first-order valence-corrected chi connectivity index (χ1v) is 12.1. The van der Waals surface area contributed by atoms with E-state index < -0.39 is 11.8 Å². The minimum atomic E-state index is -0.422. The molecule has 2 amide bonds. The van der Waals surface area contributed by atoms with Crippen molar-refractivity contribution in [1.82, 2.24) is 0 Å². The van der Waals surface area contributed by atoms with E-state index in [1.807, 2.05) is 24.3 Å². The van der Waals surface area contributed by atoms with Crippen LogP contribution in [0.4, 0.5) is 25.8 Å². The fourth-order valence-corrected chi connectivity index (χ4v) is 4.10. The number of rotatable bonds is 6. The average Bonchev–Trinajstić information content (AvgIpc) is 2.94. The molecule has 0 radical (unpaired) electrons. The number of carbonyl (C=O) groups is 2. The number of carbonyl (C=O) groups excluding carboxylic acids is 2. The van der Waals surface area contributed by atoms with Gasteiger partial charge >= 0.3 is 0 Å². The summed E-state index contributed by atoms with van der Waals surface area (Å²) in [6.45, 7) is 0. The Balaban J connectivity index is 1.26. The van der Waals surface area contributed by atoms with E-state index in [1.54, 1.807) is 48.5 Å². The number of benzene rings is 5. The Morgan fingerprint density at radius 1 is 0.487 bits per heavy atom.